The van der Waals surface area contributed by atoms with Gasteiger partial charge in [-0.1, -0.05) is 13.2 Å². The normalized spacial score (nSPS) is 9.56. The standard InChI is InChI=1S/C7H14O2Si.C4H6O2/c1-6(2)7(8)9-10(3,4)5;1-3(2)4(5)6/h1H2,2-5H3;1H2,2H3,(H,5,6). The van der Waals surface area contributed by atoms with Crippen LogP contribution in [0, 0.1) is 0 Å². The summed E-state index contributed by atoms with van der Waals surface area (Å²) in [4.78, 5) is 20.5. The summed E-state index contributed by atoms with van der Waals surface area (Å²) >= 11 is 0. The molecule has 0 amide bonds. The average molecular weight is 244 g/mol. The number of rotatable bonds is 3. The van der Waals surface area contributed by atoms with Gasteiger partial charge in [-0.2, -0.15) is 0 Å². The fourth-order valence-corrected chi connectivity index (χ4v) is 1.10. The van der Waals surface area contributed by atoms with Crippen molar-refractivity contribution in [3.05, 3.63) is 24.3 Å². The first-order chi connectivity index (χ1) is 6.97. The average Bonchev–Trinajstić information content (AvgIpc) is 2.01. The van der Waals surface area contributed by atoms with Crippen LogP contribution in [-0.4, -0.2) is 25.4 Å². The molecule has 0 saturated carbocycles. The van der Waals surface area contributed by atoms with Crippen LogP contribution in [0.4, 0.5) is 0 Å². The van der Waals surface area contributed by atoms with Gasteiger partial charge in [0.25, 0.3) is 0 Å². The molecule has 0 aromatic heterocycles. The van der Waals surface area contributed by atoms with Gasteiger partial charge in [0.05, 0.1) is 0 Å². The summed E-state index contributed by atoms with van der Waals surface area (Å²) < 4.78 is 5.10. The fraction of sp³-hybridized carbons (Fsp3) is 0.455. The van der Waals surface area contributed by atoms with E-state index in [0.717, 1.165) is 0 Å². The minimum Gasteiger partial charge on any atom is -0.517 e. The van der Waals surface area contributed by atoms with Gasteiger partial charge in [0.15, 0.2) is 0 Å². The van der Waals surface area contributed by atoms with Crippen molar-refractivity contribution in [3.8, 4) is 0 Å². The van der Waals surface area contributed by atoms with Gasteiger partial charge < -0.3 is 9.53 Å². The fourth-order valence-electron chi connectivity index (χ4n) is 0.365. The zero-order chi connectivity index (χ0) is 13.5. The van der Waals surface area contributed by atoms with Gasteiger partial charge in [-0.05, 0) is 33.5 Å². The molecule has 1 N–H and O–H groups in total. The Morgan fingerprint density at radius 2 is 1.38 bits per heavy atom. The quantitative estimate of drug-likeness (QED) is 0.612. The summed E-state index contributed by atoms with van der Waals surface area (Å²) in [5.74, 6) is -1.20. The molecule has 0 aromatic rings. The highest BCUT2D eigenvalue weighted by molar-refractivity contribution is 6.71. The van der Waals surface area contributed by atoms with Crippen molar-refractivity contribution >= 4 is 20.3 Å². The van der Waals surface area contributed by atoms with E-state index in [9.17, 15) is 9.59 Å². The van der Waals surface area contributed by atoms with Crippen molar-refractivity contribution in [3.63, 3.8) is 0 Å². The van der Waals surface area contributed by atoms with Crippen LogP contribution in [0.5, 0.6) is 0 Å². The molecule has 0 aromatic carbocycles. The van der Waals surface area contributed by atoms with E-state index in [1.165, 1.54) is 6.92 Å². The molecular formula is C11H20O4Si. The van der Waals surface area contributed by atoms with Gasteiger partial charge in [0, 0.05) is 11.1 Å². The first-order valence-corrected chi connectivity index (χ1v) is 8.16. The summed E-state index contributed by atoms with van der Waals surface area (Å²) in [5, 5.41) is 7.89. The number of carboxylic acid groups (broad SMARTS) is 1. The minimum atomic E-state index is -1.69. The van der Waals surface area contributed by atoms with Crippen LogP contribution in [0.25, 0.3) is 0 Å². The maximum atomic E-state index is 10.9. The molecule has 4 nitrogen and oxygen atoms in total. The molecule has 0 atom stereocenters. The third-order valence-corrected chi connectivity index (χ3v) is 1.91. The number of aliphatic carboxylic acids is 1. The van der Waals surface area contributed by atoms with E-state index in [1.54, 1.807) is 6.92 Å². The summed E-state index contributed by atoms with van der Waals surface area (Å²) in [5.41, 5.74) is 0.650. The van der Waals surface area contributed by atoms with Gasteiger partial charge in [-0.3, -0.25) is 0 Å². The van der Waals surface area contributed by atoms with Gasteiger partial charge >= 0.3 is 11.9 Å². The van der Waals surface area contributed by atoms with Crippen molar-refractivity contribution < 1.29 is 19.1 Å². The van der Waals surface area contributed by atoms with Gasteiger partial charge in [-0.25, -0.2) is 9.59 Å². The molecule has 92 valence electrons. The molecule has 0 unspecified atom stereocenters. The highest BCUT2D eigenvalue weighted by Crippen LogP contribution is 2.05. The predicted octanol–water partition coefficient (Wildman–Crippen LogP) is 2.59. The van der Waals surface area contributed by atoms with E-state index >= 15 is 0 Å². The van der Waals surface area contributed by atoms with Gasteiger partial charge in [0.2, 0.25) is 8.32 Å². The molecular weight excluding hydrogens is 224 g/mol. The van der Waals surface area contributed by atoms with Gasteiger partial charge in [-0.15, -0.1) is 0 Å². The van der Waals surface area contributed by atoms with Crippen LogP contribution in [0.1, 0.15) is 13.8 Å². The second-order valence-corrected chi connectivity index (χ2v) is 8.80. The lowest BCUT2D eigenvalue weighted by molar-refractivity contribution is -0.132. The van der Waals surface area contributed by atoms with Crippen LogP contribution in [0.15, 0.2) is 24.3 Å². The molecule has 0 heterocycles. The first-order valence-electron chi connectivity index (χ1n) is 4.75. The first kappa shape index (κ1) is 17.0. The van der Waals surface area contributed by atoms with Crippen LogP contribution in [0.2, 0.25) is 19.6 Å². The lowest BCUT2D eigenvalue weighted by Crippen LogP contribution is -2.29. The Hall–Kier alpha value is -1.36. The molecule has 0 saturated heterocycles. The zero-order valence-corrected chi connectivity index (χ0v) is 11.6. The lowest BCUT2D eigenvalue weighted by atomic mass is 10.4. The maximum absolute atomic E-state index is 10.9. The molecule has 0 spiro atoms. The predicted molar refractivity (Wildman–Crippen MR) is 66.7 cm³/mol. The van der Waals surface area contributed by atoms with Crippen molar-refractivity contribution in [2.24, 2.45) is 0 Å². The van der Waals surface area contributed by atoms with Crippen molar-refractivity contribution in [2.75, 3.05) is 0 Å². The van der Waals surface area contributed by atoms with Crippen LogP contribution >= 0.6 is 0 Å². The van der Waals surface area contributed by atoms with E-state index in [-0.39, 0.29) is 11.5 Å². The Bertz CT molecular complexity index is 288. The smallest absolute Gasteiger partial charge is 0.330 e. The maximum Gasteiger partial charge on any atom is 0.330 e. The summed E-state index contributed by atoms with van der Waals surface area (Å²) in [6, 6.07) is 0. The molecule has 0 aliphatic rings. The number of hydrogen-bond donors (Lipinski definition) is 1. The van der Waals surface area contributed by atoms with E-state index in [2.05, 4.69) is 13.2 Å². The number of carboxylic acids is 1. The summed E-state index contributed by atoms with van der Waals surface area (Å²) in [7, 11) is -1.69. The Labute approximate surface area is 97.8 Å². The SMILES string of the molecule is C=C(C)C(=O)O.C=C(C)C(=O)O[Si](C)(C)C. The number of carbonyl (C=O) groups is 2. The molecule has 0 rings (SSSR count). The molecule has 0 aliphatic heterocycles. The van der Waals surface area contributed by atoms with Crippen LogP contribution in [-0.2, 0) is 14.0 Å². The lowest BCUT2D eigenvalue weighted by Gasteiger charge is -2.16. The Morgan fingerprint density at radius 1 is 1.06 bits per heavy atom. The Morgan fingerprint density at radius 3 is 1.44 bits per heavy atom. The number of hydrogen-bond acceptors (Lipinski definition) is 3. The molecule has 0 radical (unpaired) electrons. The number of carbonyl (C=O) groups excluding carboxylic acids is 1. The van der Waals surface area contributed by atoms with Gasteiger partial charge in [0.1, 0.15) is 0 Å². The summed E-state index contributed by atoms with van der Waals surface area (Å²) in [6.07, 6.45) is 0. The third kappa shape index (κ3) is 12.6. The second kappa shape index (κ2) is 7.00. The van der Waals surface area contributed by atoms with Crippen LogP contribution in [0.3, 0.4) is 0 Å². The molecule has 5 heteroatoms. The molecule has 0 fully saturated rings. The van der Waals surface area contributed by atoms with E-state index in [1.807, 2.05) is 19.6 Å². The van der Waals surface area contributed by atoms with E-state index < -0.39 is 14.3 Å². The van der Waals surface area contributed by atoms with Crippen LogP contribution < -0.4 is 0 Å². The minimum absolute atomic E-state index is 0.176. The Kier molecular flexibility index (Phi) is 7.46. The second-order valence-electron chi connectivity index (χ2n) is 4.37. The Balaban J connectivity index is 0. The highest BCUT2D eigenvalue weighted by Gasteiger charge is 2.19. The largest absolute Gasteiger partial charge is 0.517 e. The highest BCUT2D eigenvalue weighted by atomic mass is 28.4. The molecule has 16 heavy (non-hydrogen) atoms. The van der Waals surface area contributed by atoms with Crippen molar-refractivity contribution in [2.45, 2.75) is 33.5 Å². The van der Waals surface area contributed by atoms with Crippen molar-refractivity contribution in [1.29, 1.82) is 0 Å². The van der Waals surface area contributed by atoms with Crippen molar-refractivity contribution in [1.82, 2.24) is 0 Å². The molecule has 0 bridgehead atoms. The monoisotopic (exact) mass is 244 g/mol. The third-order valence-electron chi connectivity index (χ3n) is 1.11. The van der Waals surface area contributed by atoms with E-state index in [4.69, 9.17) is 9.53 Å². The topological polar surface area (TPSA) is 63.6 Å². The van der Waals surface area contributed by atoms with E-state index in [0.29, 0.717) is 5.57 Å². The zero-order valence-electron chi connectivity index (χ0n) is 10.6. The molecule has 0 aliphatic carbocycles. The summed E-state index contributed by atoms with van der Waals surface area (Å²) in [6.45, 7) is 15.6.